The standard InChI is InChI=1S/C34H35FN4O4.C11H18N2O3/c35-29-21-26(15-16-28(29)24-7-3-1-4-8-24)31-37-30(38-43-31)25-13-11-23(12-14-25)22-39-19-17-34(18-20-39,33(41)42)32(40)36-27-9-5-2-6-10-27;14-10(15)9-3-7-13(8-4-9)11(16)12-5-1-2-6-12/h1,3-4,7-8,11-16,21,27H,2,5-6,9-10,17-20,22H2,(H,36,40)(H,41,42);9H,1-8H2,(H,14,15). The lowest BCUT2D eigenvalue weighted by atomic mass is 9.77. The van der Waals surface area contributed by atoms with E-state index in [1.807, 2.05) is 59.5 Å². The molecular weight excluding hydrogens is 756 g/mol. The molecule has 1 aliphatic carbocycles. The predicted octanol–water partition coefficient (Wildman–Crippen LogP) is 7.32. The quantitative estimate of drug-likeness (QED) is 0.146. The van der Waals surface area contributed by atoms with Crippen molar-refractivity contribution in [3.05, 3.63) is 84.2 Å². The van der Waals surface area contributed by atoms with Crippen LogP contribution >= 0.6 is 0 Å². The number of carboxylic acids is 2. The zero-order chi connectivity index (χ0) is 41.4. The molecule has 0 bridgehead atoms. The van der Waals surface area contributed by atoms with Gasteiger partial charge in [-0.1, -0.05) is 85.1 Å². The van der Waals surface area contributed by atoms with Crippen molar-refractivity contribution in [2.24, 2.45) is 11.3 Å². The maximum atomic E-state index is 14.9. The van der Waals surface area contributed by atoms with E-state index >= 15 is 0 Å². The Hall–Kier alpha value is -5.63. The van der Waals surface area contributed by atoms with E-state index in [1.165, 1.54) is 12.5 Å². The fourth-order valence-corrected chi connectivity index (χ4v) is 8.60. The molecule has 3 N–H and O–H groups in total. The average Bonchev–Trinajstić information content (AvgIpc) is 3.99. The summed E-state index contributed by atoms with van der Waals surface area (Å²) < 4.78 is 20.3. The summed E-state index contributed by atoms with van der Waals surface area (Å²) in [7, 11) is 0. The summed E-state index contributed by atoms with van der Waals surface area (Å²) in [6, 6.07) is 22.2. The molecule has 312 valence electrons. The van der Waals surface area contributed by atoms with Crippen molar-refractivity contribution in [2.45, 2.75) is 83.2 Å². The summed E-state index contributed by atoms with van der Waals surface area (Å²) in [5.41, 5.74) is 2.26. The van der Waals surface area contributed by atoms with E-state index < -0.39 is 17.4 Å². The Bertz CT molecular complexity index is 2070. The van der Waals surface area contributed by atoms with Crippen molar-refractivity contribution < 1.29 is 38.3 Å². The molecular formula is C45H53FN6O7. The number of nitrogens with zero attached hydrogens (tertiary/aromatic N) is 5. The van der Waals surface area contributed by atoms with E-state index in [2.05, 4.69) is 20.4 Å². The third kappa shape index (κ3) is 9.98. The highest BCUT2D eigenvalue weighted by Crippen LogP contribution is 2.34. The van der Waals surface area contributed by atoms with E-state index in [-0.39, 0.29) is 48.4 Å². The van der Waals surface area contributed by atoms with Gasteiger partial charge in [-0.15, -0.1) is 0 Å². The lowest BCUT2D eigenvalue weighted by Gasteiger charge is -2.38. The number of piperidine rings is 2. The van der Waals surface area contributed by atoms with Gasteiger partial charge in [0.25, 0.3) is 5.89 Å². The fourth-order valence-electron chi connectivity index (χ4n) is 8.60. The van der Waals surface area contributed by atoms with Crippen LogP contribution in [0.25, 0.3) is 34.0 Å². The third-order valence-corrected chi connectivity index (χ3v) is 12.3. The molecule has 1 aromatic heterocycles. The molecule has 3 aliphatic heterocycles. The summed E-state index contributed by atoms with van der Waals surface area (Å²) in [5.74, 6) is -2.07. The monoisotopic (exact) mass is 808 g/mol. The van der Waals surface area contributed by atoms with E-state index in [9.17, 15) is 28.7 Å². The van der Waals surface area contributed by atoms with Gasteiger partial charge in [0, 0.05) is 68.5 Å². The first-order valence-electron chi connectivity index (χ1n) is 20.9. The van der Waals surface area contributed by atoms with Crippen molar-refractivity contribution in [3.63, 3.8) is 0 Å². The van der Waals surface area contributed by atoms with Gasteiger partial charge < -0.3 is 29.9 Å². The number of carboxylic acid groups (broad SMARTS) is 2. The number of rotatable bonds is 9. The van der Waals surface area contributed by atoms with Crippen molar-refractivity contribution >= 4 is 23.9 Å². The topological polar surface area (TPSA) is 169 Å². The molecule has 8 rings (SSSR count). The van der Waals surface area contributed by atoms with Gasteiger partial charge in [0.2, 0.25) is 11.7 Å². The second-order valence-electron chi connectivity index (χ2n) is 16.2. The zero-order valence-corrected chi connectivity index (χ0v) is 33.4. The second-order valence-corrected chi connectivity index (χ2v) is 16.2. The van der Waals surface area contributed by atoms with Gasteiger partial charge in [-0.05, 0) is 74.6 Å². The van der Waals surface area contributed by atoms with Crippen LogP contribution in [0.3, 0.4) is 0 Å². The highest BCUT2D eigenvalue weighted by molar-refractivity contribution is 6.02. The highest BCUT2D eigenvalue weighted by Gasteiger charge is 2.48. The molecule has 0 unspecified atom stereocenters. The number of carbonyl (C=O) groups is 4. The summed E-state index contributed by atoms with van der Waals surface area (Å²) in [5, 5.41) is 26.0. The van der Waals surface area contributed by atoms with Gasteiger partial charge in [0.05, 0.1) is 5.92 Å². The zero-order valence-electron chi connectivity index (χ0n) is 33.4. The number of benzene rings is 3. The van der Waals surface area contributed by atoms with Crippen molar-refractivity contribution in [3.8, 4) is 34.0 Å². The number of urea groups is 1. The van der Waals surface area contributed by atoms with Gasteiger partial charge in [0.1, 0.15) is 11.2 Å². The van der Waals surface area contributed by atoms with E-state index in [0.717, 1.165) is 68.3 Å². The number of nitrogens with one attached hydrogen (secondary N) is 1. The van der Waals surface area contributed by atoms with E-state index in [1.54, 1.807) is 17.0 Å². The van der Waals surface area contributed by atoms with Crippen LogP contribution in [0.4, 0.5) is 9.18 Å². The maximum absolute atomic E-state index is 14.9. The number of hydrogen-bond acceptors (Lipinski definition) is 8. The lowest BCUT2D eigenvalue weighted by Crippen LogP contribution is -2.55. The van der Waals surface area contributed by atoms with Gasteiger partial charge in [0.15, 0.2) is 0 Å². The first-order chi connectivity index (χ1) is 28.6. The van der Waals surface area contributed by atoms with E-state index in [0.29, 0.717) is 62.5 Å². The van der Waals surface area contributed by atoms with Crippen LogP contribution in [-0.4, -0.2) is 104 Å². The molecule has 1 saturated carbocycles. The summed E-state index contributed by atoms with van der Waals surface area (Å²) in [6.07, 6.45) is 9.13. The van der Waals surface area contributed by atoms with Crippen LogP contribution in [0.5, 0.6) is 0 Å². The summed E-state index contributed by atoms with van der Waals surface area (Å²) >= 11 is 0. The van der Waals surface area contributed by atoms with Crippen LogP contribution in [-0.2, 0) is 20.9 Å². The smallest absolute Gasteiger partial charge is 0.319 e. The molecule has 13 nitrogen and oxygen atoms in total. The van der Waals surface area contributed by atoms with Crippen molar-refractivity contribution in [2.75, 3.05) is 39.3 Å². The predicted molar refractivity (Wildman–Crippen MR) is 218 cm³/mol. The normalized spacial score (nSPS) is 18.8. The Morgan fingerprint density at radius 2 is 1.39 bits per heavy atom. The van der Waals surface area contributed by atoms with Crippen molar-refractivity contribution in [1.82, 2.24) is 30.2 Å². The Kier molecular flexibility index (Phi) is 13.3. The molecule has 14 heteroatoms. The molecule has 0 spiro atoms. The number of hydrogen-bond donors (Lipinski definition) is 3. The van der Waals surface area contributed by atoms with Gasteiger partial charge in [-0.3, -0.25) is 19.3 Å². The molecule has 4 heterocycles. The maximum Gasteiger partial charge on any atom is 0.319 e. The SMILES string of the molecule is O=C(O)C1(C(=O)NC2CCCCC2)CCN(Cc2ccc(-c3noc(-c4ccc(-c5ccccc5)c(F)c4)n3)cc2)CC1.O=C(O)C1CCN(C(=O)N2CCCC2)CC1. The first-order valence-corrected chi connectivity index (χ1v) is 20.9. The minimum Gasteiger partial charge on any atom is -0.481 e. The van der Waals surface area contributed by atoms with Crippen LogP contribution in [0, 0.1) is 17.2 Å². The van der Waals surface area contributed by atoms with Crippen LogP contribution < -0.4 is 5.32 Å². The Morgan fingerprint density at radius 3 is 2.02 bits per heavy atom. The average molecular weight is 809 g/mol. The molecule has 4 aromatic rings. The Labute approximate surface area is 343 Å². The molecule has 3 saturated heterocycles. The number of halogens is 1. The van der Waals surface area contributed by atoms with E-state index in [4.69, 9.17) is 9.63 Å². The molecule has 3 amide bonds. The molecule has 4 aliphatic rings. The number of carbonyl (C=O) groups excluding carboxylic acids is 2. The second kappa shape index (κ2) is 19.0. The molecule has 0 radical (unpaired) electrons. The number of amides is 3. The highest BCUT2D eigenvalue weighted by atomic mass is 19.1. The minimum atomic E-state index is -1.36. The Balaban J connectivity index is 0.000000276. The molecule has 59 heavy (non-hydrogen) atoms. The summed E-state index contributed by atoms with van der Waals surface area (Å²) in [6.45, 7) is 4.60. The van der Waals surface area contributed by atoms with Gasteiger partial charge in [-0.25, -0.2) is 9.18 Å². The van der Waals surface area contributed by atoms with Crippen molar-refractivity contribution in [1.29, 1.82) is 0 Å². The largest absolute Gasteiger partial charge is 0.481 e. The summed E-state index contributed by atoms with van der Waals surface area (Å²) in [4.78, 5) is 58.5. The van der Waals surface area contributed by atoms with Crippen LogP contribution in [0.15, 0.2) is 77.3 Å². The van der Waals surface area contributed by atoms with Crippen LogP contribution in [0.2, 0.25) is 0 Å². The number of likely N-dealkylation sites (tertiary alicyclic amines) is 3. The Morgan fingerprint density at radius 1 is 0.746 bits per heavy atom. The number of aliphatic carboxylic acids is 2. The van der Waals surface area contributed by atoms with Crippen LogP contribution in [0.1, 0.15) is 76.2 Å². The third-order valence-electron chi connectivity index (χ3n) is 12.3. The van der Waals surface area contributed by atoms with Gasteiger partial charge >= 0.3 is 18.0 Å². The molecule has 0 atom stereocenters. The molecule has 3 aromatic carbocycles. The first kappa shape index (κ1) is 41.5. The fraction of sp³-hybridized carbons (Fsp3) is 0.467. The lowest BCUT2D eigenvalue weighted by molar-refractivity contribution is -0.160. The minimum absolute atomic E-state index is 0.0886. The molecule has 4 fully saturated rings. The number of aromatic nitrogens is 2. The van der Waals surface area contributed by atoms with Gasteiger partial charge in [-0.2, -0.15) is 4.98 Å².